The van der Waals surface area contributed by atoms with Gasteiger partial charge in [-0.15, -0.1) is 11.3 Å². The number of thiophene rings is 1. The molecule has 138 valence electrons. The van der Waals surface area contributed by atoms with Gasteiger partial charge in [0.15, 0.2) is 0 Å². The summed E-state index contributed by atoms with van der Waals surface area (Å²) < 4.78 is 0. The van der Waals surface area contributed by atoms with Crippen molar-refractivity contribution in [1.29, 1.82) is 0 Å². The molecule has 4 rings (SSSR count). The Morgan fingerprint density at radius 2 is 2.04 bits per heavy atom. The fourth-order valence-corrected chi connectivity index (χ4v) is 5.63. The SMILES string of the molecule is CC1(C)CCc2sc(-c3ccc([C@@H]4CCN(N)C4)cc3)c(C(=O)O)c2C1. The van der Waals surface area contributed by atoms with E-state index in [9.17, 15) is 9.90 Å². The van der Waals surface area contributed by atoms with Crippen molar-refractivity contribution in [1.82, 2.24) is 5.01 Å². The third kappa shape index (κ3) is 3.20. The van der Waals surface area contributed by atoms with Crippen LogP contribution in [0.4, 0.5) is 0 Å². The molecule has 1 fully saturated rings. The number of fused-ring (bicyclic) bond motifs is 1. The molecule has 0 amide bonds. The first kappa shape index (κ1) is 17.7. The fourth-order valence-electron chi connectivity index (χ4n) is 4.32. The highest BCUT2D eigenvalue weighted by molar-refractivity contribution is 7.16. The zero-order chi connectivity index (χ0) is 18.5. The third-order valence-corrected chi connectivity index (χ3v) is 7.19. The van der Waals surface area contributed by atoms with Crippen LogP contribution in [0.2, 0.25) is 0 Å². The van der Waals surface area contributed by atoms with Crippen molar-refractivity contribution in [2.75, 3.05) is 13.1 Å². The number of carboxylic acids is 1. The molecule has 0 saturated carbocycles. The Bertz CT molecular complexity index is 838. The Morgan fingerprint density at radius 3 is 2.65 bits per heavy atom. The molecule has 1 aromatic carbocycles. The van der Waals surface area contributed by atoms with Crippen LogP contribution >= 0.6 is 11.3 Å². The van der Waals surface area contributed by atoms with Crippen LogP contribution in [0.15, 0.2) is 24.3 Å². The second kappa shape index (κ2) is 6.48. The molecule has 0 radical (unpaired) electrons. The van der Waals surface area contributed by atoms with E-state index >= 15 is 0 Å². The molecule has 0 bridgehead atoms. The molecule has 1 saturated heterocycles. The zero-order valence-corrected chi connectivity index (χ0v) is 16.2. The van der Waals surface area contributed by atoms with E-state index in [1.807, 2.05) is 5.01 Å². The first-order valence-corrected chi connectivity index (χ1v) is 10.1. The lowest BCUT2D eigenvalue weighted by Crippen LogP contribution is -2.27. The van der Waals surface area contributed by atoms with E-state index in [1.165, 1.54) is 10.4 Å². The topological polar surface area (TPSA) is 66.6 Å². The number of rotatable bonds is 3. The van der Waals surface area contributed by atoms with E-state index in [2.05, 4.69) is 38.1 Å². The predicted octanol–water partition coefficient (Wildman–Crippen LogP) is 4.29. The number of carboxylic acid groups (broad SMARTS) is 1. The molecule has 2 aliphatic rings. The Hall–Kier alpha value is -1.69. The maximum Gasteiger partial charge on any atom is 0.337 e. The van der Waals surface area contributed by atoms with Gasteiger partial charge in [-0.05, 0) is 53.7 Å². The smallest absolute Gasteiger partial charge is 0.337 e. The number of nitrogens with two attached hydrogens (primary N) is 1. The van der Waals surface area contributed by atoms with Crippen molar-refractivity contribution in [3.05, 3.63) is 45.8 Å². The van der Waals surface area contributed by atoms with Crippen LogP contribution in [-0.4, -0.2) is 29.2 Å². The van der Waals surface area contributed by atoms with Gasteiger partial charge in [0.25, 0.3) is 0 Å². The van der Waals surface area contributed by atoms with Crippen LogP contribution < -0.4 is 5.84 Å². The average molecular weight is 371 g/mol. The van der Waals surface area contributed by atoms with E-state index < -0.39 is 5.97 Å². The molecule has 4 nitrogen and oxygen atoms in total. The summed E-state index contributed by atoms with van der Waals surface area (Å²) in [5, 5.41) is 11.8. The standard InChI is InChI=1S/C21H26N2O2S/c1-21(2)9-7-17-16(11-21)18(20(24)25)19(26-17)14-5-3-13(4-6-14)15-8-10-23(22)12-15/h3-6,15H,7-12,22H2,1-2H3,(H,24,25)/t15-/m1/s1. The number of aryl methyl sites for hydroxylation is 1. The van der Waals surface area contributed by atoms with Gasteiger partial charge in [-0.1, -0.05) is 38.1 Å². The van der Waals surface area contributed by atoms with Crippen LogP contribution in [0.3, 0.4) is 0 Å². The molecule has 1 aromatic heterocycles. The summed E-state index contributed by atoms with van der Waals surface area (Å²) in [6, 6.07) is 8.47. The minimum Gasteiger partial charge on any atom is -0.478 e. The zero-order valence-electron chi connectivity index (χ0n) is 15.4. The normalized spacial score (nSPS) is 22.3. The molecule has 0 spiro atoms. The fraction of sp³-hybridized carbons (Fsp3) is 0.476. The van der Waals surface area contributed by atoms with Gasteiger partial charge in [-0.2, -0.15) is 0 Å². The highest BCUT2D eigenvalue weighted by Gasteiger charge is 2.33. The highest BCUT2D eigenvalue weighted by atomic mass is 32.1. The largest absolute Gasteiger partial charge is 0.478 e. The summed E-state index contributed by atoms with van der Waals surface area (Å²) in [4.78, 5) is 14.2. The molecular formula is C21H26N2O2S. The number of benzene rings is 1. The van der Waals surface area contributed by atoms with Crippen molar-refractivity contribution in [2.24, 2.45) is 11.3 Å². The maximum atomic E-state index is 12.0. The van der Waals surface area contributed by atoms with Crippen molar-refractivity contribution >= 4 is 17.3 Å². The molecule has 2 aromatic rings. The Labute approximate surface area is 158 Å². The van der Waals surface area contributed by atoms with Gasteiger partial charge < -0.3 is 5.11 Å². The molecule has 0 unspecified atom stereocenters. The number of nitrogens with zero attached hydrogens (tertiary/aromatic N) is 1. The lowest BCUT2D eigenvalue weighted by Gasteiger charge is -2.29. The molecular weight excluding hydrogens is 344 g/mol. The lowest BCUT2D eigenvalue weighted by molar-refractivity contribution is 0.0696. The number of hydrogen-bond donors (Lipinski definition) is 2. The number of carbonyl (C=O) groups is 1. The first-order chi connectivity index (χ1) is 12.3. The van der Waals surface area contributed by atoms with Crippen LogP contribution in [-0.2, 0) is 12.8 Å². The van der Waals surface area contributed by atoms with Gasteiger partial charge in [0.1, 0.15) is 0 Å². The monoisotopic (exact) mass is 370 g/mol. The second-order valence-corrected chi connectivity index (χ2v) is 9.56. The molecule has 3 N–H and O–H groups in total. The average Bonchev–Trinajstić information content (AvgIpc) is 3.17. The lowest BCUT2D eigenvalue weighted by atomic mass is 9.76. The maximum absolute atomic E-state index is 12.0. The van der Waals surface area contributed by atoms with E-state index in [0.29, 0.717) is 11.5 Å². The van der Waals surface area contributed by atoms with Crippen LogP contribution in [0.1, 0.15) is 59.0 Å². The third-order valence-electron chi connectivity index (χ3n) is 5.85. The summed E-state index contributed by atoms with van der Waals surface area (Å²) in [5.74, 6) is 5.56. The summed E-state index contributed by atoms with van der Waals surface area (Å²) in [6.45, 7) is 6.29. The van der Waals surface area contributed by atoms with Gasteiger partial charge in [0.05, 0.1) is 5.56 Å². The number of aromatic carboxylic acids is 1. The van der Waals surface area contributed by atoms with Gasteiger partial charge in [-0.25, -0.2) is 9.80 Å². The van der Waals surface area contributed by atoms with Gasteiger partial charge >= 0.3 is 5.97 Å². The first-order valence-electron chi connectivity index (χ1n) is 9.32. The Kier molecular flexibility index (Phi) is 4.41. The summed E-state index contributed by atoms with van der Waals surface area (Å²) >= 11 is 1.67. The van der Waals surface area contributed by atoms with Crippen molar-refractivity contribution < 1.29 is 9.90 Å². The van der Waals surface area contributed by atoms with Crippen molar-refractivity contribution in [3.63, 3.8) is 0 Å². The molecule has 1 aliphatic heterocycles. The summed E-state index contributed by atoms with van der Waals surface area (Å²) in [5.41, 5.74) is 4.08. The van der Waals surface area contributed by atoms with Crippen LogP contribution in [0.25, 0.3) is 10.4 Å². The van der Waals surface area contributed by atoms with E-state index in [0.717, 1.165) is 54.8 Å². The van der Waals surface area contributed by atoms with Gasteiger partial charge in [0.2, 0.25) is 0 Å². The minimum absolute atomic E-state index is 0.177. The molecule has 1 aliphatic carbocycles. The van der Waals surface area contributed by atoms with Gasteiger partial charge in [-0.3, -0.25) is 5.84 Å². The summed E-state index contributed by atoms with van der Waals surface area (Å²) in [6.07, 6.45) is 4.04. The van der Waals surface area contributed by atoms with E-state index in [1.54, 1.807) is 11.3 Å². The number of hydrogen-bond acceptors (Lipinski definition) is 4. The molecule has 2 heterocycles. The van der Waals surface area contributed by atoms with E-state index in [-0.39, 0.29) is 5.41 Å². The quantitative estimate of drug-likeness (QED) is 0.791. The number of hydrazine groups is 1. The second-order valence-electron chi connectivity index (χ2n) is 8.46. The van der Waals surface area contributed by atoms with Crippen molar-refractivity contribution in [2.45, 2.75) is 45.4 Å². The van der Waals surface area contributed by atoms with Crippen LogP contribution in [0.5, 0.6) is 0 Å². The molecule has 1 atom stereocenters. The van der Waals surface area contributed by atoms with Crippen molar-refractivity contribution in [3.8, 4) is 10.4 Å². The Morgan fingerprint density at radius 1 is 1.31 bits per heavy atom. The van der Waals surface area contributed by atoms with Gasteiger partial charge in [0, 0.05) is 22.8 Å². The Balaban J connectivity index is 1.70. The molecule has 5 heteroatoms. The predicted molar refractivity (Wildman–Crippen MR) is 106 cm³/mol. The van der Waals surface area contributed by atoms with E-state index in [4.69, 9.17) is 5.84 Å². The van der Waals surface area contributed by atoms with Crippen LogP contribution in [0, 0.1) is 5.41 Å². The summed E-state index contributed by atoms with van der Waals surface area (Å²) in [7, 11) is 0. The highest BCUT2D eigenvalue weighted by Crippen LogP contribution is 2.45. The minimum atomic E-state index is -0.797. The molecule has 26 heavy (non-hydrogen) atoms.